The first-order chi connectivity index (χ1) is 15.8. The van der Waals surface area contributed by atoms with Gasteiger partial charge in [0.2, 0.25) is 5.91 Å². The first kappa shape index (κ1) is 24.1. The van der Waals surface area contributed by atoms with E-state index < -0.39 is 23.3 Å². The number of nitrogens with zero attached hydrogens (tertiary/aromatic N) is 2. The number of urea groups is 1. The predicted octanol–water partition coefficient (Wildman–Crippen LogP) is 3.97. The zero-order chi connectivity index (χ0) is 23.6. The number of imide groups is 2. The molecule has 3 fully saturated rings. The number of ketones is 1. The standard InChI is InChI=1S/C26H39N3O4/c1-25(19-12-7-8-13-19)22(31)28(2)24(33)29(23(25)32)18-21(30)20-14-11-17-27-26(20)15-9-5-3-4-6-10-16-26/h12,20,27H,3-11,13-18H2,1-2H3. The van der Waals surface area contributed by atoms with E-state index in [0.717, 1.165) is 73.3 Å². The Hall–Kier alpha value is -2.02. The van der Waals surface area contributed by atoms with Crippen LogP contribution in [0.1, 0.15) is 90.4 Å². The number of hydrogen-bond donors (Lipinski definition) is 1. The van der Waals surface area contributed by atoms with E-state index in [1.165, 1.54) is 32.7 Å². The summed E-state index contributed by atoms with van der Waals surface area (Å²) in [4.78, 5) is 55.5. The van der Waals surface area contributed by atoms with Crippen molar-refractivity contribution in [3.8, 4) is 0 Å². The molecule has 0 radical (unpaired) electrons. The molecule has 0 aromatic rings. The molecule has 33 heavy (non-hydrogen) atoms. The average Bonchev–Trinajstić information content (AvgIpc) is 3.39. The molecule has 0 bridgehead atoms. The lowest BCUT2D eigenvalue weighted by atomic mass is 9.70. The molecule has 2 unspecified atom stereocenters. The highest BCUT2D eigenvalue weighted by molar-refractivity contribution is 6.21. The minimum Gasteiger partial charge on any atom is -0.311 e. The molecule has 0 aromatic carbocycles. The normalized spacial score (nSPS) is 31.3. The Morgan fingerprint density at radius 2 is 1.67 bits per heavy atom. The first-order valence-corrected chi connectivity index (χ1v) is 12.9. The second kappa shape index (κ2) is 9.69. The number of nitrogens with one attached hydrogen (secondary N) is 1. The van der Waals surface area contributed by atoms with Gasteiger partial charge in [0, 0.05) is 18.5 Å². The summed E-state index contributed by atoms with van der Waals surface area (Å²) >= 11 is 0. The molecule has 0 aromatic heterocycles. The van der Waals surface area contributed by atoms with Crippen molar-refractivity contribution in [2.24, 2.45) is 11.3 Å². The van der Waals surface area contributed by atoms with Crippen LogP contribution >= 0.6 is 0 Å². The zero-order valence-corrected chi connectivity index (χ0v) is 20.3. The lowest BCUT2D eigenvalue weighted by Gasteiger charge is -2.46. The summed E-state index contributed by atoms with van der Waals surface area (Å²) in [5, 5.41) is 3.71. The van der Waals surface area contributed by atoms with Crippen LogP contribution in [0.4, 0.5) is 4.79 Å². The van der Waals surface area contributed by atoms with E-state index in [1.54, 1.807) is 6.92 Å². The Labute approximate surface area is 197 Å². The van der Waals surface area contributed by atoms with Crippen molar-refractivity contribution in [3.05, 3.63) is 11.6 Å². The summed E-state index contributed by atoms with van der Waals surface area (Å²) in [6.45, 7) is 2.29. The highest BCUT2D eigenvalue weighted by Gasteiger charge is 2.56. The maximum Gasteiger partial charge on any atom is 0.333 e. The van der Waals surface area contributed by atoms with Crippen LogP contribution in [-0.4, -0.2) is 59.1 Å². The van der Waals surface area contributed by atoms with Gasteiger partial charge in [0.15, 0.2) is 5.78 Å². The van der Waals surface area contributed by atoms with Crippen LogP contribution in [0, 0.1) is 11.3 Å². The highest BCUT2D eigenvalue weighted by atomic mass is 16.2. The van der Waals surface area contributed by atoms with Gasteiger partial charge in [-0.25, -0.2) is 4.79 Å². The summed E-state index contributed by atoms with van der Waals surface area (Å²) in [6.07, 6.45) is 15.1. The molecule has 4 rings (SSSR count). The number of hydrogen-bond acceptors (Lipinski definition) is 5. The first-order valence-electron chi connectivity index (χ1n) is 12.9. The van der Waals surface area contributed by atoms with Crippen LogP contribution < -0.4 is 5.32 Å². The van der Waals surface area contributed by atoms with E-state index in [9.17, 15) is 19.2 Å². The quantitative estimate of drug-likeness (QED) is 0.510. The molecule has 7 heteroatoms. The Bertz CT molecular complexity index is 840. The van der Waals surface area contributed by atoms with Gasteiger partial charge in [0.25, 0.3) is 5.91 Å². The van der Waals surface area contributed by atoms with Gasteiger partial charge in [-0.1, -0.05) is 44.6 Å². The molecule has 1 saturated carbocycles. The van der Waals surface area contributed by atoms with Crippen molar-refractivity contribution in [1.29, 1.82) is 0 Å². The topological polar surface area (TPSA) is 86.8 Å². The third kappa shape index (κ3) is 4.29. The van der Waals surface area contributed by atoms with Crippen molar-refractivity contribution < 1.29 is 19.2 Å². The van der Waals surface area contributed by atoms with E-state index in [2.05, 4.69) is 5.32 Å². The Morgan fingerprint density at radius 1 is 1.00 bits per heavy atom. The minimum absolute atomic E-state index is 0.0475. The monoisotopic (exact) mass is 457 g/mol. The second-order valence-corrected chi connectivity index (χ2v) is 10.6. The van der Waals surface area contributed by atoms with Crippen molar-refractivity contribution in [3.63, 3.8) is 0 Å². The van der Waals surface area contributed by atoms with Gasteiger partial charge in [0.05, 0.1) is 6.54 Å². The third-order valence-electron chi connectivity index (χ3n) is 8.62. The second-order valence-electron chi connectivity index (χ2n) is 10.6. The van der Waals surface area contributed by atoms with Crippen LogP contribution in [0.15, 0.2) is 11.6 Å². The molecule has 2 atom stereocenters. The molecule has 1 spiro atoms. The van der Waals surface area contributed by atoms with Gasteiger partial charge >= 0.3 is 6.03 Å². The minimum atomic E-state index is -1.39. The predicted molar refractivity (Wildman–Crippen MR) is 125 cm³/mol. The number of allylic oxidation sites excluding steroid dienone is 1. The molecule has 2 heterocycles. The lowest BCUT2D eigenvalue weighted by Crippen LogP contribution is -2.65. The summed E-state index contributed by atoms with van der Waals surface area (Å²) < 4.78 is 0. The average molecular weight is 458 g/mol. The van der Waals surface area contributed by atoms with E-state index in [1.807, 2.05) is 6.08 Å². The van der Waals surface area contributed by atoms with Crippen molar-refractivity contribution in [2.75, 3.05) is 20.1 Å². The molecular weight excluding hydrogens is 418 g/mol. The number of Topliss-reactive ketones (excluding diaryl/α,β-unsaturated/α-hetero) is 1. The number of amides is 4. The van der Waals surface area contributed by atoms with Crippen molar-refractivity contribution in [2.45, 2.75) is 95.9 Å². The summed E-state index contributed by atoms with van der Waals surface area (Å²) in [7, 11) is 1.42. The molecule has 4 aliphatic rings. The third-order valence-corrected chi connectivity index (χ3v) is 8.62. The number of carbonyl (C=O) groups is 4. The molecule has 2 aliphatic heterocycles. The van der Waals surface area contributed by atoms with Crippen LogP contribution in [0.5, 0.6) is 0 Å². The maximum atomic E-state index is 13.7. The smallest absolute Gasteiger partial charge is 0.311 e. The lowest BCUT2D eigenvalue weighted by molar-refractivity contribution is -0.155. The number of barbiturate groups is 1. The van der Waals surface area contributed by atoms with Gasteiger partial charge in [-0.3, -0.25) is 24.2 Å². The molecule has 2 aliphatic carbocycles. The Morgan fingerprint density at radius 3 is 2.30 bits per heavy atom. The van der Waals surface area contributed by atoms with Crippen LogP contribution in [0.3, 0.4) is 0 Å². The summed E-state index contributed by atoms with van der Waals surface area (Å²) in [6, 6.07) is -0.679. The molecule has 1 N–H and O–H groups in total. The van der Waals surface area contributed by atoms with Crippen molar-refractivity contribution >= 4 is 23.6 Å². The van der Waals surface area contributed by atoms with Gasteiger partial charge in [-0.2, -0.15) is 0 Å². The summed E-state index contributed by atoms with van der Waals surface area (Å²) in [5.74, 6) is -1.27. The Kier molecular flexibility index (Phi) is 7.08. The SMILES string of the molecule is CN1C(=O)N(CC(=O)C2CCCNC23CCCCCCCC3)C(=O)C(C)(C2=CCCC2)C1=O. The van der Waals surface area contributed by atoms with Gasteiger partial charge < -0.3 is 5.32 Å². The number of piperidine rings is 1. The molecule has 7 nitrogen and oxygen atoms in total. The highest BCUT2D eigenvalue weighted by Crippen LogP contribution is 2.42. The molecule has 4 amide bonds. The Balaban J connectivity index is 1.58. The largest absolute Gasteiger partial charge is 0.333 e. The fourth-order valence-corrected chi connectivity index (χ4v) is 6.61. The molecule has 182 valence electrons. The van der Waals surface area contributed by atoms with Crippen LogP contribution in [0.25, 0.3) is 0 Å². The number of rotatable bonds is 4. The molecule has 2 saturated heterocycles. The van der Waals surface area contributed by atoms with E-state index in [4.69, 9.17) is 0 Å². The fraction of sp³-hybridized carbons (Fsp3) is 0.769. The molecular formula is C26H39N3O4. The van der Waals surface area contributed by atoms with Crippen molar-refractivity contribution in [1.82, 2.24) is 15.1 Å². The van der Waals surface area contributed by atoms with E-state index in [0.29, 0.717) is 6.42 Å². The zero-order valence-electron chi connectivity index (χ0n) is 20.3. The van der Waals surface area contributed by atoms with Crippen LogP contribution in [-0.2, 0) is 14.4 Å². The fourth-order valence-electron chi connectivity index (χ4n) is 6.61. The maximum absolute atomic E-state index is 13.7. The van der Waals surface area contributed by atoms with Crippen LogP contribution in [0.2, 0.25) is 0 Å². The summed E-state index contributed by atoms with van der Waals surface area (Å²) in [5.41, 5.74) is -0.845. The number of carbonyl (C=O) groups excluding carboxylic acids is 4. The van der Waals surface area contributed by atoms with Gasteiger partial charge in [-0.15, -0.1) is 0 Å². The van der Waals surface area contributed by atoms with Gasteiger partial charge in [-0.05, 0) is 64.0 Å². The van der Waals surface area contributed by atoms with E-state index in [-0.39, 0.29) is 23.8 Å². The van der Waals surface area contributed by atoms with E-state index >= 15 is 0 Å². The van der Waals surface area contributed by atoms with Gasteiger partial charge in [0.1, 0.15) is 5.41 Å².